The van der Waals surface area contributed by atoms with Gasteiger partial charge in [0.05, 0.1) is 5.69 Å². The zero-order valence-corrected chi connectivity index (χ0v) is 14.4. The summed E-state index contributed by atoms with van der Waals surface area (Å²) in [5.74, 6) is 1.53. The SMILES string of the molecule is CNCCC1CCN(Cc2coc(-c3ccc(Cl)cc3)n2)CC1. The third kappa shape index (κ3) is 4.56. The second-order valence-corrected chi connectivity index (χ2v) is 6.70. The molecule has 23 heavy (non-hydrogen) atoms. The maximum Gasteiger partial charge on any atom is 0.226 e. The van der Waals surface area contributed by atoms with Crippen LogP contribution in [0.3, 0.4) is 0 Å². The van der Waals surface area contributed by atoms with Crippen LogP contribution in [0.25, 0.3) is 11.5 Å². The Bertz CT molecular complexity index is 603. The minimum atomic E-state index is 0.667. The minimum Gasteiger partial charge on any atom is -0.444 e. The Hall–Kier alpha value is -1.36. The molecule has 3 rings (SSSR count). The van der Waals surface area contributed by atoms with Crippen molar-refractivity contribution in [1.82, 2.24) is 15.2 Å². The van der Waals surface area contributed by atoms with Crippen molar-refractivity contribution in [2.24, 2.45) is 5.92 Å². The van der Waals surface area contributed by atoms with Crippen molar-refractivity contribution < 1.29 is 4.42 Å². The molecule has 1 aromatic carbocycles. The Morgan fingerprint density at radius 3 is 2.70 bits per heavy atom. The molecule has 1 aliphatic rings. The quantitative estimate of drug-likeness (QED) is 0.872. The minimum absolute atomic E-state index is 0.667. The maximum atomic E-state index is 5.91. The van der Waals surface area contributed by atoms with E-state index >= 15 is 0 Å². The lowest BCUT2D eigenvalue weighted by Crippen LogP contribution is -2.34. The van der Waals surface area contributed by atoms with Crippen LogP contribution in [0.2, 0.25) is 5.02 Å². The topological polar surface area (TPSA) is 41.3 Å². The average Bonchev–Trinajstić information content (AvgIpc) is 3.03. The van der Waals surface area contributed by atoms with Crippen molar-refractivity contribution in [3.05, 3.63) is 41.2 Å². The highest BCUT2D eigenvalue weighted by atomic mass is 35.5. The highest BCUT2D eigenvalue weighted by molar-refractivity contribution is 6.30. The summed E-state index contributed by atoms with van der Waals surface area (Å²) < 4.78 is 5.62. The van der Waals surface area contributed by atoms with Gasteiger partial charge < -0.3 is 9.73 Å². The number of rotatable bonds is 6. The molecule has 0 saturated carbocycles. The molecule has 0 unspecified atom stereocenters. The smallest absolute Gasteiger partial charge is 0.226 e. The molecule has 0 radical (unpaired) electrons. The molecule has 5 heteroatoms. The van der Waals surface area contributed by atoms with Crippen LogP contribution in [-0.4, -0.2) is 36.6 Å². The number of nitrogens with one attached hydrogen (secondary N) is 1. The highest BCUT2D eigenvalue weighted by Crippen LogP contribution is 2.24. The number of aromatic nitrogens is 1. The maximum absolute atomic E-state index is 5.91. The average molecular weight is 334 g/mol. The first-order chi connectivity index (χ1) is 11.2. The summed E-state index contributed by atoms with van der Waals surface area (Å²) in [6.07, 6.45) is 5.62. The van der Waals surface area contributed by atoms with Crippen molar-refractivity contribution in [1.29, 1.82) is 0 Å². The zero-order valence-electron chi connectivity index (χ0n) is 13.6. The van der Waals surface area contributed by atoms with E-state index in [9.17, 15) is 0 Å². The monoisotopic (exact) mass is 333 g/mol. The largest absolute Gasteiger partial charge is 0.444 e. The fourth-order valence-electron chi connectivity index (χ4n) is 3.12. The Morgan fingerprint density at radius 2 is 2.00 bits per heavy atom. The van der Waals surface area contributed by atoms with Crippen molar-refractivity contribution in [2.45, 2.75) is 25.8 Å². The van der Waals surface area contributed by atoms with E-state index in [1.54, 1.807) is 6.26 Å². The number of likely N-dealkylation sites (tertiary alicyclic amines) is 1. The molecule has 0 amide bonds. The van der Waals surface area contributed by atoms with E-state index in [1.807, 2.05) is 31.3 Å². The Morgan fingerprint density at radius 1 is 1.26 bits per heavy atom. The van der Waals surface area contributed by atoms with Crippen molar-refractivity contribution in [3.8, 4) is 11.5 Å². The van der Waals surface area contributed by atoms with Gasteiger partial charge >= 0.3 is 0 Å². The van der Waals surface area contributed by atoms with Gasteiger partial charge in [-0.3, -0.25) is 4.90 Å². The van der Waals surface area contributed by atoms with Crippen LogP contribution in [0.4, 0.5) is 0 Å². The van der Waals surface area contributed by atoms with Gasteiger partial charge in [0, 0.05) is 17.1 Å². The molecular formula is C18H24ClN3O. The molecule has 0 spiro atoms. The fourth-order valence-corrected chi connectivity index (χ4v) is 3.24. The van der Waals surface area contributed by atoms with Gasteiger partial charge in [0.2, 0.25) is 5.89 Å². The molecule has 1 N–H and O–H groups in total. The van der Waals surface area contributed by atoms with E-state index in [2.05, 4.69) is 15.2 Å². The van der Waals surface area contributed by atoms with Crippen LogP contribution in [0.15, 0.2) is 34.9 Å². The lowest BCUT2D eigenvalue weighted by molar-refractivity contribution is 0.170. The van der Waals surface area contributed by atoms with Crippen LogP contribution in [0.5, 0.6) is 0 Å². The molecule has 0 aliphatic carbocycles. The van der Waals surface area contributed by atoms with E-state index in [4.69, 9.17) is 16.0 Å². The van der Waals surface area contributed by atoms with Gasteiger partial charge in [0.25, 0.3) is 0 Å². The summed E-state index contributed by atoms with van der Waals surface area (Å²) in [4.78, 5) is 7.08. The normalized spacial score (nSPS) is 16.8. The van der Waals surface area contributed by atoms with Crippen molar-refractivity contribution in [3.63, 3.8) is 0 Å². The number of oxazole rings is 1. The van der Waals surface area contributed by atoms with Crippen LogP contribution < -0.4 is 5.32 Å². The predicted molar refractivity (Wildman–Crippen MR) is 93.5 cm³/mol. The molecule has 0 atom stereocenters. The molecular weight excluding hydrogens is 310 g/mol. The first kappa shape index (κ1) is 16.5. The molecule has 2 aromatic rings. The molecule has 1 fully saturated rings. The zero-order chi connectivity index (χ0) is 16.1. The van der Waals surface area contributed by atoms with Gasteiger partial charge in [0.15, 0.2) is 0 Å². The highest BCUT2D eigenvalue weighted by Gasteiger charge is 2.19. The number of piperidine rings is 1. The third-order valence-electron chi connectivity index (χ3n) is 4.54. The summed E-state index contributed by atoms with van der Waals surface area (Å²) in [6, 6.07) is 7.59. The van der Waals surface area contributed by atoms with Crippen LogP contribution >= 0.6 is 11.6 Å². The summed E-state index contributed by atoms with van der Waals surface area (Å²) in [6.45, 7) is 4.29. The first-order valence-corrected chi connectivity index (χ1v) is 8.69. The standard InChI is InChI=1S/C18H24ClN3O/c1-20-9-6-14-7-10-22(11-8-14)12-17-13-23-18(21-17)15-2-4-16(19)5-3-15/h2-5,13-14,20H,6-12H2,1H3. The molecule has 1 aliphatic heterocycles. The van der Waals surface area contributed by atoms with E-state index in [-0.39, 0.29) is 0 Å². The van der Waals surface area contributed by atoms with E-state index in [0.717, 1.165) is 48.4 Å². The number of hydrogen-bond donors (Lipinski definition) is 1. The third-order valence-corrected chi connectivity index (χ3v) is 4.79. The Kier molecular flexibility index (Phi) is 5.70. The molecule has 124 valence electrons. The number of nitrogens with zero attached hydrogens (tertiary/aromatic N) is 2. The first-order valence-electron chi connectivity index (χ1n) is 8.32. The van der Waals surface area contributed by atoms with Crippen LogP contribution in [0.1, 0.15) is 25.0 Å². The fraction of sp³-hybridized carbons (Fsp3) is 0.500. The molecule has 1 aromatic heterocycles. The van der Waals surface area contributed by atoms with Gasteiger partial charge in [-0.2, -0.15) is 0 Å². The molecule has 1 saturated heterocycles. The lowest BCUT2D eigenvalue weighted by atomic mass is 9.93. The van der Waals surface area contributed by atoms with E-state index in [0.29, 0.717) is 5.89 Å². The molecule has 4 nitrogen and oxygen atoms in total. The van der Waals surface area contributed by atoms with Crippen molar-refractivity contribution >= 4 is 11.6 Å². The van der Waals surface area contributed by atoms with E-state index < -0.39 is 0 Å². The Balaban J connectivity index is 1.53. The van der Waals surface area contributed by atoms with Gasteiger partial charge in [-0.1, -0.05) is 11.6 Å². The summed E-state index contributed by atoms with van der Waals surface area (Å²) in [7, 11) is 2.03. The molecule has 0 bridgehead atoms. The second kappa shape index (κ2) is 7.95. The molecule has 2 heterocycles. The summed E-state index contributed by atoms with van der Waals surface area (Å²) in [5, 5.41) is 3.97. The van der Waals surface area contributed by atoms with Gasteiger partial charge in [-0.05, 0) is 76.1 Å². The van der Waals surface area contributed by atoms with Crippen molar-refractivity contribution in [2.75, 3.05) is 26.7 Å². The Labute approximate surface area is 142 Å². The number of halogens is 1. The predicted octanol–water partition coefficient (Wildman–Crippen LogP) is 3.82. The van der Waals surface area contributed by atoms with Gasteiger partial charge in [-0.25, -0.2) is 4.98 Å². The summed E-state index contributed by atoms with van der Waals surface area (Å²) >= 11 is 5.91. The number of hydrogen-bond acceptors (Lipinski definition) is 4. The van der Waals surface area contributed by atoms with Gasteiger partial charge in [-0.15, -0.1) is 0 Å². The van der Waals surface area contributed by atoms with E-state index in [1.165, 1.54) is 19.3 Å². The van der Waals surface area contributed by atoms with Gasteiger partial charge in [0.1, 0.15) is 6.26 Å². The lowest BCUT2D eigenvalue weighted by Gasteiger charge is -2.31. The summed E-state index contributed by atoms with van der Waals surface area (Å²) in [5.41, 5.74) is 1.97. The number of benzene rings is 1. The van der Waals surface area contributed by atoms with Crippen LogP contribution in [-0.2, 0) is 6.54 Å². The second-order valence-electron chi connectivity index (χ2n) is 6.26. The van der Waals surface area contributed by atoms with Crippen LogP contribution in [0, 0.1) is 5.92 Å².